The summed E-state index contributed by atoms with van der Waals surface area (Å²) in [4.78, 5) is 4.42. The van der Waals surface area contributed by atoms with Gasteiger partial charge in [-0.25, -0.2) is 4.98 Å². The number of imidazole rings is 1. The number of aromatic nitrogens is 2. The molecule has 1 aromatic carbocycles. The second-order valence-electron chi connectivity index (χ2n) is 5.36. The van der Waals surface area contributed by atoms with Crippen molar-refractivity contribution in [3.63, 3.8) is 0 Å². The number of rotatable bonds is 7. The first-order chi connectivity index (χ1) is 9.72. The summed E-state index contributed by atoms with van der Waals surface area (Å²) in [6.45, 7) is 5.48. The molecular weight excluding hydrogens is 246 g/mol. The second kappa shape index (κ2) is 7.25. The number of benzene rings is 1. The van der Waals surface area contributed by atoms with E-state index in [-0.39, 0.29) is 0 Å². The van der Waals surface area contributed by atoms with Gasteiger partial charge in [0.2, 0.25) is 0 Å². The third-order valence-corrected chi connectivity index (χ3v) is 4.00. The van der Waals surface area contributed by atoms with Crippen molar-refractivity contribution in [1.29, 1.82) is 0 Å². The predicted molar refractivity (Wildman–Crippen MR) is 83.9 cm³/mol. The van der Waals surface area contributed by atoms with Gasteiger partial charge in [0.05, 0.1) is 0 Å². The van der Waals surface area contributed by atoms with Crippen LogP contribution in [0.4, 0.5) is 0 Å². The fourth-order valence-electron chi connectivity index (χ4n) is 2.70. The minimum atomic E-state index is 0.485. The maximum atomic E-state index is 4.42. The highest BCUT2D eigenvalue weighted by molar-refractivity contribution is 5.20. The van der Waals surface area contributed by atoms with Crippen molar-refractivity contribution in [2.24, 2.45) is 7.05 Å². The predicted octanol–water partition coefficient (Wildman–Crippen LogP) is 3.13. The molecule has 2 unspecified atom stereocenters. The molecule has 1 N–H and O–H groups in total. The third kappa shape index (κ3) is 3.70. The third-order valence-electron chi connectivity index (χ3n) is 4.00. The van der Waals surface area contributed by atoms with Crippen LogP contribution < -0.4 is 5.32 Å². The molecule has 2 atom stereocenters. The van der Waals surface area contributed by atoms with Gasteiger partial charge >= 0.3 is 0 Å². The van der Waals surface area contributed by atoms with E-state index in [0.29, 0.717) is 12.0 Å². The molecule has 0 spiro atoms. The van der Waals surface area contributed by atoms with Gasteiger partial charge in [-0.05, 0) is 24.4 Å². The molecule has 1 heterocycles. The van der Waals surface area contributed by atoms with Crippen molar-refractivity contribution < 1.29 is 0 Å². The lowest BCUT2D eigenvalue weighted by Crippen LogP contribution is -2.34. The van der Waals surface area contributed by atoms with Crippen LogP contribution >= 0.6 is 0 Å². The monoisotopic (exact) mass is 271 g/mol. The van der Waals surface area contributed by atoms with Gasteiger partial charge < -0.3 is 9.88 Å². The van der Waals surface area contributed by atoms with Crippen LogP contribution in [-0.4, -0.2) is 22.1 Å². The topological polar surface area (TPSA) is 29.9 Å². The van der Waals surface area contributed by atoms with Crippen LogP contribution in [0.2, 0.25) is 0 Å². The molecule has 0 saturated heterocycles. The molecule has 0 saturated carbocycles. The van der Waals surface area contributed by atoms with Gasteiger partial charge in [-0.1, -0.05) is 44.2 Å². The van der Waals surface area contributed by atoms with Crippen molar-refractivity contribution in [2.45, 2.75) is 38.6 Å². The molecule has 20 heavy (non-hydrogen) atoms. The Labute approximate surface area is 122 Å². The van der Waals surface area contributed by atoms with Gasteiger partial charge in [0.1, 0.15) is 5.82 Å². The second-order valence-corrected chi connectivity index (χ2v) is 5.36. The fraction of sp³-hybridized carbons (Fsp3) is 0.471. The molecule has 0 aliphatic carbocycles. The van der Waals surface area contributed by atoms with Gasteiger partial charge in [0.15, 0.2) is 0 Å². The Kier molecular flexibility index (Phi) is 5.36. The first-order valence-corrected chi connectivity index (χ1v) is 7.47. The van der Waals surface area contributed by atoms with Crippen LogP contribution in [0.25, 0.3) is 0 Å². The van der Waals surface area contributed by atoms with E-state index < -0.39 is 0 Å². The molecule has 0 bridgehead atoms. The number of nitrogens with zero attached hydrogens (tertiary/aromatic N) is 2. The zero-order valence-corrected chi connectivity index (χ0v) is 12.7. The molecule has 0 aliphatic heterocycles. The van der Waals surface area contributed by atoms with Gasteiger partial charge in [0.25, 0.3) is 0 Å². The zero-order valence-electron chi connectivity index (χ0n) is 12.7. The maximum absolute atomic E-state index is 4.42. The van der Waals surface area contributed by atoms with Crippen molar-refractivity contribution >= 4 is 0 Å². The summed E-state index contributed by atoms with van der Waals surface area (Å²) in [6, 6.07) is 11.2. The number of nitrogens with one attached hydrogen (secondary N) is 1. The summed E-state index contributed by atoms with van der Waals surface area (Å²) in [5.74, 6) is 1.67. The average molecular weight is 271 g/mol. The molecule has 1 aromatic heterocycles. The van der Waals surface area contributed by atoms with Crippen LogP contribution in [0.5, 0.6) is 0 Å². The van der Waals surface area contributed by atoms with E-state index in [1.165, 1.54) is 5.56 Å². The summed E-state index contributed by atoms with van der Waals surface area (Å²) in [7, 11) is 2.06. The van der Waals surface area contributed by atoms with Gasteiger partial charge in [-0.3, -0.25) is 0 Å². The Hall–Kier alpha value is -1.61. The largest absolute Gasteiger partial charge is 0.338 e. The smallest absolute Gasteiger partial charge is 0.108 e. The van der Waals surface area contributed by atoms with Crippen LogP contribution in [0, 0.1) is 0 Å². The Morgan fingerprint density at radius 3 is 2.60 bits per heavy atom. The normalized spacial score (nSPS) is 14.2. The molecule has 2 aromatic rings. The van der Waals surface area contributed by atoms with E-state index in [1.54, 1.807) is 0 Å². The summed E-state index contributed by atoms with van der Waals surface area (Å²) >= 11 is 0. The van der Waals surface area contributed by atoms with E-state index in [1.807, 2.05) is 12.4 Å². The van der Waals surface area contributed by atoms with Gasteiger partial charge in [0, 0.05) is 31.9 Å². The van der Waals surface area contributed by atoms with E-state index >= 15 is 0 Å². The molecule has 0 fully saturated rings. The number of hydrogen-bond donors (Lipinski definition) is 1. The lowest BCUT2D eigenvalue weighted by atomic mass is 9.90. The molecule has 3 heteroatoms. The maximum Gasteiger partial charge on any atom is 0.108 e. The quantitative estimate of drug-likeness (QED) is 0.838. The van der Waals surface area contributed by atoms with Crippen molar-refractivity contribution in [1.82, 2.24) is 14.9 Å². The molecule has 0 amide bonds. The van der Waals surface area contributed by atoms with E-state index in [2.05, 4.69) is 66.1 Å². The van der Waals surface area contributed by atoms with Crippen LogP contribution in [0.1, 0.15) is 37.6 Å². The van der Waals surface area contributed by atoms with E-state index in [9.17, 15) is 0 Å². The van der Waals surface area contributed by atoms with Crippen molar-refractivity contribution in [3.05, 3.63) is 54.1 Å². The molecule has 3 nitrogen and oxygen atoms in total. The average Bonchev–Trinajstić information content (AvgIpc) is 2.89. The summed E-state index contributed by atoms with van der Waals surface area (Å²) in [5.41, 5.74) is 1.40. The highest BCUT2D eigenvalue weighted by atomic mass is 15.0. The standard InChI is InChI=1S/C17H25N3/c1-4-18-16(10-11-17-19-12-13-20(17)3)14(2)15-8-6-5-7-9-15/h5-9,12-14,16,18H,4,10-11H2,1-3H3. The molecule has 108 valence electrons. The van der Waals surface area contributed by atoms with Crippen molar-refractivity contribution in [3.8, 4) is 0 Å². The van der Waals surface area contributed by atoms with Crippen molar-refractivity contribution in [2.75, 3.05) is 6.54 Å². The minimum absolute atomic E-state index is 0.485. The van der Waals surface area contributed by atoms with Gasteiger partial charge in [-0.2, -0.15) is 0 Å². The molecule has 2 rings (SSSR count). The lowest BCUT2D eigenvalue weighted by molar-refractivity contribution is 0.428. The Morgan fingerprint density at radius 2 is 2.00 bits per heavy atom. The SMILES string of the molecule is CCNC(CCc1nccn1C)C(C)c1ccccc1. The Bertz CT molecular complexity index is 504. The Morgan fingerprint density at radius 1 is 1.25 bits per heavy atom. The minimum Gasteiger partial charge on any atom is -0.338 e. The van der Waals surface area contributed by atoms with Gasteiger partial charge in [-0.15, -0.1) is 0 Å². The molecule has 0 aliphatic rings. The zero-order chi connectivity index (χ0) is 14.4. The lowest BCUT2D eigenvalue weighted by Gasteiger charge is -2.25. The van der Waals surface area contributed by atoms with Crippen LogP contribution in [0.15, 0.2) is 42.7 Å². The number of likely N-dealkylation sites (N-methyl/N-ethyl adjacent to an activating group) is 1. The summed E-state index contributed by atoms with van der Waals surface area (Å²) in [5, 5.41) is 3.63. The number of aryl methyl sites for hydroxylation is 2. The Balaban J connectivity index is 2.01. The van der Waals surface area contributed by atoms with E-state index in [4.69, 9.17) is 0 Å². The highest BCUT2D eigenvalue weighted by Gasteiger charge is 2.18. The summed E-state index contributed by atoms with van der Waals surface area (Å²) in [6.07, 6.45) is 6.00. The first kappa shape index (κ1) is 14.8. The van der Waals surface area contributed by atoms with Crippen LogP contribution in [0.3, 0.4) is 0 Å². The first-order valence-electron chi connectivity index (χ1n) is 7.47. The molecular formula is C17H25N3. The van der Waals surface area contributed by atoms with E-state index in [0.717, 1.165) is 25.2 Å². The van der Waals surface area contributed by atoms with Crippen LogP contribution in [-0.2, 0) is 13.5 Å². The molecule has 0 radical (unpaired) electrons. The highest BCUT2D eigenvalue weighted by Crippen LogP contribution is 2.22. The fourth-order valence-corrected chi connectivity index (χ4v) is 2.70. The summed E-state index contributed by atoms with van der Waals surface area (Å²) < 4.78 is 2.11. The number of hydrogen-bond acceptors (Lipinski definition) is 2.